The number of rotatable bonds is 3. The van der Waals surface area contributed by atoms with Gasteiger partial charge >= 0.3 is 7.12 Å². The fourth-order valence-electron chi connectivity index (χ4n) is 6.91. The highest BCUT2D eigenvalue weighted by Gasteiger charge is 2.54. The zero-order valence-electron chi connectivity index (χ0n) is 25.1. The molecule has 43 heavy (non-hydrogen) atoms. The molecule has 1 atom stereocenters. The molecule has 3 aliphatic rings. The summed E-state index contributed by atoms with van der Waals surface area (Å²) >= 11 is 0. The first-order valence-corrected chi connectivity index (χ1v) is 15.2. The molecule has 3 heterocycles. The standard InChI is InChI=1S/C38H35BN2O2/c1-37(2)38(3,4)43-39(42-37)26-23-24-34-31(25-26)35-29-19-11-13-21-32(29)40(27-15-7-5-8-16-27)33-22-14-12-20-30(33)36(35)41(34)28-17-9-6-10-18-28/h5-24,26H,25H2,1-4H3. The monoisotopic (exact) mass is 562 g/mol. The van der Waals surface area contributed by atoms with E-state index in [1.165, 1.54) is 45.0 Å². The third-order valence-electron chi connectivity index (χ3n) is 9.72. The smallest absolute Gasteiger partial charge is 0.403 e. The normalized spacial score (nSPS) is 19.3. The number of fused-ring (bicyclic) bond motifs is 7. The summed E-state index contributed by atoms with van der Waals surface area (Å²) in [5, 5.41) is 0. The van der Waals surface area contributed by atoms with Crippen molar-refractivity contribution in [3.63, 3.8) is 0 Å². The highest BCUT2D eigenvalue weighted by Crippen LogP contribution is 2.55. The number of allylic oxidation sites excluding steroid dienone is 1. The zero-order valence-corrected chi connectivity index (χ0v) is 25.1. The number of nitrogens with zero attached hydrogens (tertiary/aromatic N) is 2. The van der Waals surface area contributed by atoms with Crippen molar-refractivity contribution < 1.29 is 9.31 Å². The molecule has 1 aromatic heterocycles. The van der Waals surface area contributed by atoms with Crippen molar-refractivity contribution in [2.75, 3.05) is 4.90 Å². The van der Waals surface area contributed by atoms with E-state index in [1.807, 2.05) is 0 Å². The average molecular weight is 563 g/mol. The fourth-order valence-corrected chi connectivity index (χ4v) is 6.91. The molecule has 4 nitrogen and oxygen atoms in total. The predicted octanol–water partition coefficient (Wildman–Crippen LogP) is 9.63. The summed E-state index contributed by atoms with van der Waals surface area (Å²) in [6, 6.07) is 39.1. The minimum atomic E-state index is -0.375. The molecule has 212 valence electrons. The molecule has 5 aromatic rings. The lowest BCUT2D eigenvalue weighted by molar-refractivity contribution is 0.00578. The third-order valence-corrected chi connectivity index (χ3v) is 9.72. The highest BCUT2D eigenvalue weighted by atomic mass is 16.7. The van der Waals surface area contributed by atoms with E-state index in [0.717, 1.165) is 17.8 Å². The maximum Gasteiger partial charge on any atom is 0.465 e. The maximum absolute atomic E-state index is 6.59. The van der Waals surface area contributed by atoms with Gasteiger partial charge < -0.3 is 18.8 Å². The second-order valence-corrected chi connectivity index (χ2v) is 12.8. The number of benzene rings is 4. The molecule has 1 aliphatic carbocycles. The van der Waals surface area contributed by atoms with Gasteiger partial charge in [0.05, 0.1) is 28.3 Å². The van der Waals surface area contributed by atoms with E-state index in [2.05, 4.69) is 159 Å². The first-order chi connectivity index (χ1) is 20.8. The molecule has 1 unspecified atom stereocenters. The van der Waals surface area contributed by atoms with E-state index < -0.39 is 0 Å². The molecular formula is C38H35BN2O2. The van der Waals surface area contributed by atoms with Crippen molar-refractivity contribution in [3.8, 4) is 28.1 Å². The first-order valence-electron chi connectivity index (χ1n) is 15.2. The molecule has 0 bridgehead atoms. The van der Waals surface area contributed by atoms with Gasteiger partial charge in [-0.1, -0.05) is 78.9 Å². The Hall–Kier alpha value is -4.32. The van der Waals surface area contributed by atoms with Crippen molar-refractivity contribution in [3.05, 3.63) is 127 Å². The Morgan fingerprint density at radius 2 is 1.19 bits per heavy atom. The van der Waals surface area contributed by atoms with Crippen molar-refractivity contribution in [2.45, 2.75) is 51.1 Å². The molecule has 8 rings (SSSR count). The maximum atomic E-state index is 6.59. The Morgan fingerprint density at radius 1 is 0.651 bits per heavy atom. The van der Waals surface area contributed by atoms with Crippen molar-refractivity contribution >= 4 is 30.3 Å². The molecule has 0 N–H and O–H groups in total. The van der Waals surface area contributed by atoms with Gasteiger partial charge in [-0.3, -0.25) is 0 Å². The minimum absolute atomic E-state index is 0.0974. The number of aromatic nitrogens is 1. The van der Waals surface area contributed by atoms with Crippen molar-refractivity contribution in [1.29, 1.82) is 0 Å². The highest BCUT2D eigenvalue weighted by molar-refractivity contribution is 6.48. The van der Waals surface area contributed by atoms with Gasteiger partial charge in [-0.15, -0.1) is 0 Å². The molecular weight excluding hydrogens is 527 g/mol. The van der Waals surface area contributed by atoms with Crippen LogP contribution >= 0.6 is 0 Å². The number of hydrogen-bond acceptors (Lipinski definition) is 3. The summed E-state index contributed by atoms with van der Waals surface area (Å²) < 4.78 is 15.6. The Morgan fingerprint density at radius 3 is 1.84 bits per heavy atom. The van der Waals surface area contributed by atoms with Gasteiger partial charge in [-0.2, -0.15) is 0 Å². The van der Waals surface area contributed by atoms with Crippen LogP contribution in [0.1, 0.15) is 39.0 Å². The Balaban J connectivity index is 1.41. The van der Waals surface area contributed by atoms with E-state index in [-0.39, 0.29) is 24.1 Å². The molecule has 1 fully saturated rings. The molecule has 4 aromatic carbocycles. The summed E-state index contributed by atoms with van der Waals surface area (Å²) in [4.78, 5) is 2.41. The summed E-state index contributed by atoms with van der Waals surface area (Å²) in [7, 11) is -0.306. The lowest BCUT2D eigenvalue weighted by Crippen LogP contribution is -2.41. The zero-order chi connectivity index (χ0) is 29.3. The van der Waals surface area contributed by atoms with Gasteiger partial charge in [-0.05, 0) is 82.2 Å². The van der Waals surface area contributed by atoms with Crippen molar-refractivity contribution in [2.24, 2.45) is 0 Å². The number of para-hydroxylation sites is 4. The first kappa shape index (κ1) is 26.3. The van der Waals surface area contributed by atoms with Crippen LogP contribution in [0.15, 0.2) is 115 Å². The molecule has 0 spiro atoms. The Labute approximate surface area is 254 Å². The van der Waals surface area contributed by atoms with Crippen molar-refractivity contribution in [1.82, 2.24) is 4.57 Å². The van der Waals surface area contributed by atoms with Crippen LogP contribution in [0.2, 0.25) is 5.82 Å². The summed E-state index contributed by atoms with van der Waals surface area (Å²) in [5.74, 6) is 0.0974. The second kappa shape index (κ2) is 9.60. The number of anilines is 3. The van der Waals surface area contributed by atoms with E-state index >= 15 is 0 Å². The molecule has 0 radical (unpaired) electrons. The molecule has 1 saturated heterocycles. The van der Waals surface area contributed by atoms with Gasteiger partial charge in [-0.25, -0.2) is 0 Å². The van der Waals surface area contributed by atoms with Crippen LogP contribution in [0.3, 0.4) is 0 Å². The number of hydrogen-bond donors (Lipinski definition) is 0. The predicted molar refractivity (Wildman–Crippen MR) is 177 cm³/mol. The van der Waals surface area contributed by atoms with Crippen LogP contribution in [0, 0.1) is 0 Å². The van der Waals surface area contributed by atoms with Gasteiger partial charge in [0.25, 0.3) is 0 Å². The molecule has 2 aliphatic heterocycles. The molecule has 5 heteroatoms. The van der Waals surface area contributed by atoms with Crippen LogP contribution in [0.5, 0.6) is 0 Å². The lowest BCUT2D eigenvalue weighted by atomic mass is 9.66. The summed E-state index contributed by atoms with van der Waals surface area (Å²) in [6.45, 7) is 8.53. The van der Waals surface area contributed by atoms with Gasteiger partial charge in [0, 0.05) is 39.6 Å². The van der Waals surface area contributed by atoms with E-state index in [4.69, 9.17) is 9.31 Å². The van der Waals surface area contributed by atoms with Crippen LogP contribution in [-0.4, -0.2) is 22.9 Å². The summed E-state index contributed by atoms with van der Waals surface area (Å²) in [5.41, 5.74) is 11.4. The van der Waals surface area contributed by atoms with Gasteiger partial charge in [0.1, 0.15) is 0 Å². The van der Waals surface area contributed by atoms with Crippen LogP contribution in [0.4, 0.5) is 17.1 Å². The quantitative estimate of drug-likeness (QED) is 0.201. The third kappa shape index (κ3) is 3.99. The van der Waals surface area contributed by atoms with Crippen LogP contribution in [-0.2, 0) is 15.7 Å². The molecule has 0 saturated carbocycles. The van der Waals surface area contributed by atoms with Gasteiger partial charge in [0.2, 0.25) is 0 Å². The van der Waals surface area contributed by atoms with E-state index in [9.17, 15) is 0 Å². The Bertz CT molecular complexity index is 1860. The van der Waals surface area contributed by atoms with E-state index in [1.54, 1.807) is 0 Å². The topological polar surface area (TPSA) is 26.6 Å². The SMILES string of the molecule is CC1(C)OB(C2C=Cc3c(c4c(n3-c3ccccc3)-c3ccccc3N(c3ccccc3)c3ccccc3-4)C2)OC1(C)C. The largest absolute Gasteiger partial charge is 0.465 e. The average Bonchev–Trinajstić information content (AvgIpc) is 3.42. The summed E-state index contributed by atoms with van der Waals surface area (Å²) in [6.07, 6.45) is 5.43. The minimum Gasteiger partial charge on any atom is -0.403 e. The molecule has 0 amide bonds. The second-order valence-electron chi connectivity index (χ2n) is 12.8. The lowest BCUT2D eigenvalue weighted by Gasteiger charge is -2.32. The van der Waals surface area contributed by atoms with Crippen LogP contribution in [0.25, 0.3) is 34.1 Å². The van der Waals surface area contributed by atoms with Gasteiger partial charge in [0.15, 0.2) is 0 Å². The van der Waals surface area contributed by atoms with Crippen LogP contribution < -0.4 is 4.90 Å². The van der Waals surface area contributed by atoms with E-state index in [0.29, 0.717) is 0 Å². The fraction of sp³-hybridized carbons (Fsp3) is 0.211. The Kier molecular flexibility index (Phi) is 5.88.